The van der Waals surface area contributed by atoms with E-state index in [1.54, 1.807) is 6.21 Å². The van der Waals surface area contributed by atoms with Gasteiger partial charge < -0.3 is 4.57 Å². The summed E-state index contributed by atoms with van der Waals surface area (Å²) in [6, 6.07) is 13.4. The Morgan fingerprint density at radius 2 is 1.92 bits per heavy atom. The van der Waals surface area contributed by atoms with E-state index in [9.17, 15) is 9.18 Å². The van der Waals surface area contributed by atoms with Crippen LogP contribution in [0.1, 0.15) is 28.5 Å². The van der Waals surface area contributed by atoms with Crippen LogP contribution in [0.3, 0.4) is 0 Å². The summed E-state index contributed by atoms with van der Waals surface area (Å²) < 4.78 is 15.1. The summed E-state index contributed by atoms with van der Waals surface area (Å²) in [6.07, 6.45) is 1.66. The van der Waals surface area contributed by atoms with Crippen molar-refractivity contribution in [1.29, 1.82) is 0 Å². The molecular weight excluding hydrogens is 305 g/mol. The van der Waals surface area contributed by atoms with Crippen molar-refractivity contribution in [1.82, 2.24) is 9.99 Å². The number of benzene rings is 2. The molecule has 1 amide bonds. The zero-order valence-electron chi connectivity index (χ0n) is 13.6. The van der Waals surface area contributed by atoms with E-state index in [1.807, 2.05) is 25.1 Å². The van der Waals surface area contributed by atoms with Crippen molar-refractivity contribution in [3.05, 3.63) is 71.2 Å². The van der Waals surface area contributed by atoms with Gasteiger partial charge >= 0.3 is 0 Å². The van der Waals surface area contributed by atoms with Gasteiger partial charge in [-0.05, 0) is 44.2 Å². The maximum Gasteiger partial charge on any atom is 0.271 e. The molecule has 1 heterocycles. The molecule has 0 fully saturated rings. The molecule has 0 aliphatic rings. The highest BCUT2D eigenvalue weighted by molar-refractivity contribution is 6.02. The van der Waals surface area contributed by atoms with Crippen molar-refractivity contribution >= 4 is 23.0 Å². The average molecular weight is 323 g/mol. The summed E-state index contributed by atoms with van der Waals surface area (Å²) in [7, 11) is 0. The molecule has 1 aromatic heterocycles. The highest BCUT2D eigenvalue weighted by atomic mass is 19.1. The summed E-state index contributed by atoms with van der Waals surface area (Å²) in [6.45, 7) is 4.99. The van der Waals surface area contributed by atoms with Gasteiger partial charge in [0, 0.05) is 34.3 Å². The molecule has 2 aromatic carbocycles. The number of hydrogen-bond donors (Lipinski definition) is 1. The summed E-state index contributed by atoms with van der Waals surface area (Å²) in [5, 5.41) is 5.16. The molecule has 1 N–H and O–H groups in total. The topological polar surface area (TPSA) is 46.4 Å². The third-order valence-corrected chi connectivity index (χ3v) is 4.06. The van der Waals surface area contributed by atoms with Crippen LogP contribution in [0.15, 0.2) is 53.6 Å². The third kappa shape index (κ3) is 2.93. The highest BCUT2D eigenvalue weighted by Gasteiger charge is 2.11. The molecule has 0 saturated heterocycles. The number of fused-ring (bicyclic) bond motifs is 1. The average Bonchev–Trinajstić information content (AvgIpc) is 2.87. The second-order valence-electron chi connectivity index (χ2n) is 5.47. The smallest absolute Gasteiger partial charge is 0.271 e. The fourth-order valence-electron chi connectivity index (χ4n) is 2.85. The largest absolute Gasteiger partial charge is 0.344 e. The molecule has 24 heavy (non-hydrogen) atoms. The predicted octanol–water partition coefficient (Wildman–Crippen LogP) is 3.87. The van der Waals surface area contributed by atoms with Crippen LogP contribution in [0.2, 0.25) is 0 Å². The van der Waals surface area contributed by atoms with Crippen LogP contribution >= 0.6 is 0 Å². The standard InChI is InChI=1S/C19H18FN3O/c1-3-23-13(2)17(16-6-4-5-7-18(16)23)12-21-22-19(24)14-8-10-15(20)11-9-14/h4-12H,3H2,1-2H3,(H,22,24)/b21-12-. The maximum absolute atomic E-state index is 12.9. The van der Waals surface area contributed by atoms with E-state index in [4.69, 9.17) is 0 Å². The molecule has 0 bridgehead atoms. The number of nitrogens with one attached hydrogen (secondary N) is 1. The van der Waals surface area contributed by atoms with Crippen LogP contribution in [0, 0.1) is 12.7 Å². The molecular formula is C19H18FN3O. The Bertz CT molecular complexity index is 910. The molecule has 0 spiro atoms. The van der Waals surface area contributed by atoms with E-state index in [2.05, 4.69) is 28.1 Å². The minimum absolute atomic E-state index is 0.362. The van der Waals surface area contributed by atoms with E-state index < -0.39 is 0 Å². The summed E-state index contributed by atoms with van der Waals surface area (Å²) in [4.78, 5) is 12.0. The van der Waals surface area contributed by atoms with Gasteiger partial charge in [0.2, 0.25) is 0 Å². The second kappa shape index (κ2) is 6.66. The van der Waals surface area contributed by atoms with E-state index in [1.165, 1.54) is 24.3 Å². The van der Waals surface area contributed by atoms with E-state index in [0.717, 1.165) is 28.7 Å². The lowest BCUT2D eigenvalue weighted by atomic mass is 10.1. The number of hydrogen-bond acceptors (Lipinski definition) is 2. The first-order valence-corrected chi connectivity index (χ1v) is 7.78. The quantitative estimate of drug-likeness (QED) is 0.575. The van der Waals surface area contributed by atoms with Crippen LogP contribution in [-0.4, -0.2) is 16.7 Å². The van der Waals surface area contributed by atoms with Gasteiger partial charge in [-0.25, -0.2) is 9.82 Å². The lowest BCUT2D eigenvalue weighted by molar-refractivity contribution is 0.0955. The maximum atomic E-state index is 12.9. The lowest BCUT2D eigenvalue weighted by Gasteiger charge is -2.03. The fourth-order valence-corrected chi connectivity index (χ4v) is 2.85. The van der Waals surface area contributed by atoms with Crippen LogP contribution in [0.4, 0.5) is 4.39 Å². The number of carbonyl (C=O) groups is 1. The van der Waals surface area contributed by atoms with Gasteiger partial charge in [-0.15, -0.1) is 0 Å². The molecule has 0 unspecified atom stereocenters. The number of hydrazone groups is 1. The molecule has 122 valence electrons. The first kappa shape index (κ1) is 15.9. The van der Waals surface area contributed by atoms with E-state index >= 15 is 0 Å². The first-order valence-electron chi connectivity index (χ1n) is 7.78. The number of aromatic nitrogens is 1. The Hall–Kier alpha value is -2.95. The number of carbonyl (C=O) groups excluding carboxylic acids is 1. The molecule has 0 saturated carbocycles. The van der Waals surface area contributed by atoms with Crippen molar-refractivity contribution in [3.63, 3.8) is 0 Å². The molecule has 5 heteroatoms. The van der Waals surface area contributed by atoms with Crippen molar-refractivity contribution < 1.29 is 9.18 Å². The normalized spacial score (nSPS) is 11.3. The Morgan fingerprint density at radius 3 is 2.62 bits per heavy atom. The zero-order valence-corrected chi connectivity index (χ0v) is 13.6. The van der Waals surface area contributed by atoms with Gasteiger partial charge in [-0.1, -0.05) is 18.2 Å². The molecule has 3 aromatic rings. The van der Waals surface area contributed by atoms with Crippen molar-refractivity contribution in [2.24, 2.45) is 5.10 Å². The zero-order chi connectivity index (χ0) is 17.1. The van der Waals surface area contributed by atoms with Crippen LogP contribution in [0.5, 0.6) is 0 Å². The Balaban J connectivity index is 1.84. The number of rotatable bonds is 4. The number of nitrogens with zero attached hydrogens (tertiary/aromatic N) is 2. The number of para-hydroxylation sites is 1. The number of halogens is 1. The van der Waals surface area contributed by atoms with E-state index in [0.29, 0.717) is 5.56 Å². The Labute approximate surface area is 139 Å². The van der Waals surface area contributed by atoms with Crippen molar-refractivity contribution in [3.8, 4) is 0 Å². The second-order valence-corrected chi connectivity index (χ2v) is 5.47. The molecule has 0 radical (unpaired) electrons. The van der Waals surface area contributed by atoms with Gasteiger partial charge in [0.05, 0.1) is 6.21 Å². The van der Waals surface area contributed by atoms with Gasteiger partial charge in [0.25, 0.3) is 5.91 Å². The van der Waals surface area contributed by atoms with Crippen molar-refractivity contribution in [2.45, 2.75) is 20.4 Å². The summed E-state index contributed by atoms with van der Waals surface area (Å²) in [5.41, 5.74) is 6.06. The van der Waals surface area contributed by atoms with Gasteiger partial charge in [0.1, 0.15) is 5.82 Å². The van der Waals surface area contributed by atoms with Crippen molar-refractivity contribution in [2.75, 3.05) is 0 Å². The minimum atomic E-state index is -0.377. The first-order chi connectivity index (χ1) is 11.6. The highest BCUT2D eigenvalue weighted by Crippen LogP contribution is 2.24. The predicted molar refractivity (Wildman–Crippen MR) is 93.8 cm³/mol. The molecule has 4 nitrogen and oxygen atoms in total. The Kier molecular flexibility index (Phi) is 4.42. The number of aryl methyl sites for hydroxylation is 1. The van der Waals surface area contributed by atoms with Gasteiger partial charge in [-0.3, -0.25) is 4.79 Å². The van der Waals surface area contributed by atoms with Crippen LogP contribution in [-0.2, 0) is 6.54 Å². The molecule has 0 aliphatic heterocycles. The minimum Gasteiger partial charge on any atom is -0.344 e. The lowest BCUT2D eigenvalue weighted by Crippen LogP contribution is -2.17. The van der Waals surface area contributed by atoms with Gasteiger partial charge in [-0.2, -0.15) is 5.10 Å². The number of amides is 1. The monoisotopic (exact) mass is 323 g/mol. The summed E-state index contributed by atoms with van der Waals surface area (Å²) in [5.74, 6) is -0.749. The Morgan fingerprint density at radius 1 is 1.21 bits per heavy atom. The van der Waals surface area contributed by atoms with Crippen LogP contribution < -0.4 is 5.43 Å². The van der Waals surface area contributed by atoms with E-state index in [-0.39, 0.29) is 11.7 Å². The van der Waals surface area contributed by atoms with Crippen LogP contribution in [0.25, 0.3) is 10.9 Å². The fraction of sp³-hybridized carbons (Fsp3) is 0.158. The molecule has 3 rings (SSSR count). The summed E-state index contributed by atoms with van der Waals surface area (Å²) >= 11 is 0. The molecule has 0 aliphatic carbocycles. The third-order valence-electron chi connectivity index (χ3n) is 4.06. The van der Waals surface area contributed by atoms with Gasteiger partial charge in [0.15, 0.2) is 0 Å². The SMILES string of the molecule is CCn1c(C)c(/C=N\NC(=O)c2ccc(F)cc2)c2ccccc21. The molecule has 0 atom stereocenters.